The fourth-order valence-corrected chi connectivity index (χ4v) is 2.01. The number of hydrogen-bond donors (Lipinski definition) is 1. The molecule has 0 radical (unpaired) electrons. The maximum atomic E-state index is 11.1. The van der Waals surface area contributed by atoms with Crippen molar-refractivity contribution in [2.24, 2.45) is 0 Å². The second-order valence-corrected chi connectivity index (χ2v) is 5.66. The number of nitrogens with zero attached hydrogens (tertiary/aromatic N) is 1. The number of nitrogens with one attached hydrogen (secondary N) is 1. The Kier molecular flexibility index (Phi) is 3.22. The van der Waals surface area contributed by atoms with Crippen molar-refractivity contribution < 1.29 is 0 Å². The van der Waals surface area contributed by atoms with Crippen LogP contribution in [0.3, 0.4) is 0 Å². The van der Waals surface area contributed by atoms with E-state index in [0.29, 0.717) is 4.77 Å². The van der Waals surface area contributed by atoms with Crippen molar-refractivity contribution in [2.75, 3.05) is 0 Å². The monoisotopic (exact) mass is 260 g/mol. The van der Waals surface area contributed by atoms with Gasteiger partial charge >= 0.3 is 0 Å². The van der Waals surface area contributed by atoms with Crippen LogP contribution in [0.1, 0.15) is 26.3 Å². The standard InChI is InChI=1S/C14H16N2OS/c1-14(2,3)10-4-6-11(7-5-10)16-9-8-12(17)15-13(16)18/h4-9H,1-3H3,(H,15,17,18). The van der Waals surface area contributed by atoms with Gasteiger partial charge in [-0.1, -0.05) is 32.9 Å². The number of benzene rings is 1. The minimum absolute atomic E-state index is 0.130. The molecule has 3 nitrogen and oxygen atoms in total. The molecular weight excluding hydrogens is 244 g/mol. The molecule has 94 valence electrons. The Hall–Kier alpha value is -1.68. The van der Waals surface area contributed by atoms with Crippen LogP contribution in [-0.4, -0.2) is 9.55 Å². The highest BCUT2D eigenvalue weighted by Crippen LogP contribution is 2.23. The summed E-state index contributed by atoms with van der Waals surface area (Å²) in [6.45, 7) is 6.52. The zero-order valence-electron chi connectivity index (χ0n) is 10.7. The molecule has 0 aliphatic heterocycles. The number of H-pyrrole nitrogens is 1. The molecule has 2 rings (SSSR count). The molecule has 0 fully saturated rings. The van der Waals surface area contributed by atoms with Gasteiger partial charge in [-0.2, -0.15) is 0 Å². The SMILES string of the molecule is CC(C)(C)c1ccc(-n2ccc(=O)[nH]c2=S)cc1. The molecule has 0 aliphatic rings. The van der Waals surface area contributed by atoms with Crippen LogP contribution in [0.15, 0.2) is 41.3 Å². The number of rotatable bonds is 1. The van der Waals surface area contributed by atoms with Gasteiger partial charge in [0.25, 0.3) is 5.56 Å². The lowest BCUT2D eigenvalue weighted by Crippen LogP contribution is -2.12. The van der Waals surface area contributed by atoms with E-state index in [9.17, 15) is 4.79 Å². The van der Waals surface area contributed by atoms with E-state index in [-0.39, 0.29) is 11.0 Å². The lowest BCUT2D eigenvalue weighted by molar-refractivity contribution is 0.590. The Morgan fingerprint density at radius 1 is 1.11 bits per heavy atom. The van der Waals surface area contributed by atoms with Gasteiger partial charge in [0, 0.05) is 18.0 Å². The first kappa shape index (κ1) is 12.8. The fourth-order valence-electron chi connectivity index (χ4n) is 1.74. The normalized spacial score (nSPS) is 11.5. The molecule has 1 aromatic heterocycles. The van der Waals surface area contributed by atoms with Crippen LogP contribution >= 0.6 is 12.2 Å². The van der Waals surface area contributed by atoms with Crippen LogP contribution in [0, 0.1) is 4.77 Å². The molecule has 0 atom stereocenters. The van der Waals surface area contributed by atoms with Crippen molar-refractivity contribution in [3.63, 3.8) is 0 Å². The van der Waals surface area contributed by atoms with E-state index in [1.165, 1.54) is 11.6 Å². The van der Waals surface area contributed by atoms with Crippen LogP contribution in [-0.2, 0) is 5.41 Å². The summed E-state index contributed by atoms with van der Waals surface area (Å²) in [6, 6.07) is 9.65. The highest BCUT2D eigenvalue weighted by Gasteiger charge is 2.12. The van der Waals surface area contributed by atoms with Gasteiger partial charge in [-0.15, -0.1) is 0 Å². The lowest BCUT2D eigenvalue weighted by atomic mass is 9.87. The number of aromatic nitrogens is 2. The largest absolute Gasteiger partial charge is 0.299 e. The maximum absolute atomic E-state index is 11.1. The van der Waals surface area contributed by atoms with Crippen LogP contribution < -0.4 is 5.56 Å². The van der Waals surface area contributed by atoms with E-state index in [0.717, 1.165) is 5.69 Å². The Morgan fingerprint density at radius 2 is 1.72 bits per heavy atom. The third kappa shape index (κ3) is 2.59. The van der Waals surface area contributed by atoms with Crippen LogP contribution in [0.4, 0.5) is 0 Å². The summed E-state index contributed by atoms with van der Waals surface area (Å²) in [7, 11) is 0. The topological polar surface area (TPSA) is 37.8 Å². The third-order valence-corrected chi connectivity index (χ3v) is 3.13. The first-order valence-corrected chi connectivity index (χ1v) is 6.22. The number of aromatic amines is 1. The van der Waals surface area contributed by atoms with Crippen LogP contribution in [0.5, 0.6) is 0 Å². The van der Waals surface area contributed by atoms with Crippen molar-refractivity contribution in [3.8, 4) is 5.69 Å². The molecule has 0 saturated heterocycles. The van der Waals surface area contributed by atoms with Crippen LogP contribution in [0.2, 0.25) is 0 Å². The van der Waals surface area contributed by atoms with Gasteiger partial charge in [0.2, 0.25) is 0 Å². The Morgan fingerprint density at radius 3 is 2.22 bits per heavy atom. The Bertz CT molecular complexity index is 660. The Labute approximate surface area is 111 Å². The molecule has 1 aromatic carbocycles. The van der Waals surface area contributed by atoms with Gasteiger partial charge in [-0.3, -0.25) is 14.3 Å². The zero-order chi connectivity index (χ0) is 13.3. The second kappa shape index (κ2) is 4.53. The van der Waals surface area contributed by atoms with Crippen molar-refractivity contribution >= 4 is 12.2 Å². The van der Waals surface area contributed by atoms with Gasteiger partial charge in [-0.05, 0) is 35.3 Å². The van der Waals surface area contributed by atoms with Gasteiger partial charge in [0.1, 0.15) is 0 Å². The Balaban J connectivity index is 2.47. The van der Waals surface area contributed by atoms with E-state index in [1.54, 1.807) is 10.8 Å². The van der Waals surface area contributed by atoms with E-state index in [2.05, 4.69) is 37.9 Å². The van der Waals surface area contributed by atoms with E-state index >= 15 is 0 Å². The average Bonchev–Trinajstić information content (AvgIpc) is 2.28. The average molecular weight is 260 g/mol. The molecule has 0 unspecified atom stereocenters. The minimum atomic E-state index is -0.178. The van der Waals surface area contributed by atoms with Crippen molar-refractivity contribution in [2.45, 2.75) is 26.2 Å². The van der Waals surface area contributed by atoms with E-state index in [4.69, 9.17) is 12.2 Å². The summed E-state index contributed by atoms with van der Waals surface area (Å²) < 4.78 is 2.19. The van der Waals surface area contributed by atoms with Gasteiger partial charge in [0.05, 0.1) is 0 Å². The van der Waals surface area contributed by atoms with Gasteiger partial charge < -0.3 is 0 Å². The quantitative estimate of drug-likeness (QED) is 0.800. The summed E-state index contributed by atoms with van der Waals surface area (Å²) in [5.41, 5.74) is 2.17. The summed E-state index contributed by atoms with van der Waals surface area (Å²) in [5.74, 6) is 0. The van der Waals surface area contributed by atoms with Crippen LogP contribution in [0.25, 0.3) is 5.69 Å². The summed E-state index contributed by atoms with van der Waals surface area (Å²) >= 11 is 5.14. The summed E-state index contributed by atoms with van der Waals surface area (Å²) in [4.78, 5) is 13.7. The van der Waals surface area contributed by atoms with Crippen molar-refractivity contribution in [1.29, 1.82) is 0 Å². The molecule has 1 N–H and O–H groups in total. The molecule has 18 heavy (non-hydrogen) atoms. The molecule has 0 amide bonds. The van der Waals surface area contributed by atoms with Crippen molar-refractivity contribution in [3.05, 3.63) is 57.2 Å². The number of hydrogen-bond acceptors (Lipinski definition) is 2. The van der Waals surface area contributed by atoms with E-state index in [1.807, 2.05) is 12.1 Å². The predicted molar refractivity (Wildman–Crippen MR) is 75.9 cm³/mol. The minimum Gasteiger partial charge on any atom is -0.299 e. The molecule has 0 aliphatic carbocycles. The van der Waals surface area contributed by atoms with Gasteiger partial charge in [-0.25, -0.2) is 0 Å². The molecule has 0 spiro atoms. The smallest absolute Gasteiger partial charge is 0.251 e. The second-order valence-electron chi connectivity index (χ2n) is 5.28. The highest BCUT2D eigenvalue weighted by molar-refractivity contribution is 7.71. The summed E-state index contributed by atoms with van der Waals surface area (Å²) in [5, 5.41) is 0. The first-order chi connectivity index (χ1) is 8.38. The molecule has 0 saturated carbocycles. The van der Waals surface area contributed by atoms with Gasteiger partial charge in [0.15, 0.2) is 4.77 Å². The molecule has 1 heterocycles. The summed E-state index contributed by atoms with van der Waals surface area (Å²) in [6.07, 6.45) is 1.69. The van der Waals surface area contributed by atoms with Crippen molar-refractivity contribution in [1.82, 2.24) is 9.55 Å². The fraction of sp³-hybridized carbons (Fsp3) is 0.286. The maximum Gasteiger partial charge on any atom is 0.251 e. The highest BCUT2D eigenvalue weighted by atomic mass is 32.1. The third-order valence-electron chi connectivity index (χ3n) is 2.84. The molecule has 4 heteroatoms. The van der Waals surface area contributed by atoms with E-state index < -0.39 is 0 Å². The first-order valence-electron chi connectivity index (χ1n) is 5.81. The zero-order valence-corrected chi connectivity index (χ0v) is 11.5. The predicted octanol–water partition coefficient (Wildman–Crippen LogP) is 3.19. The molecule has 0 bridgehead atoms. The molecule has 2 aromatic rings. The lowest BCUT2D eigenvalue weighted by Gasteiger charge is -2.19. The molecular formula is C14H16N2OS.